The van der Waals surface area contributed by atoms with Crippen LogP contribution in [0.15, 0.2) is 18.2 Å². The summed E-state index contributed by atoms with van der Waals surface area (Å²) in [5.41, 5.74) is 1.14. The van der Waals surface area contributed by atoms with Crippen molar-refractivity contribution in [2.24, 2.45) is 5.92 Å². The van der Waals surface area contributed by atoms with Crippen LogP contribution in [0.3, 0.4) is 0 Å². The molecule has 0 saturated carbocycles. The Morgan fingerprint density at radius 1 is 1.20 bits per heavy atom. The van der Waals surface area contributed by atoms with Crippen LogP contribution in [0, 0.1) is 5.92 Å². The Balaban J connectivity index is 1.94. The van der Waals surface area contributed by atoms with E-state index in [0.717, 1.165) is 44.2 Å². The van der Waals surface area contributed by atoms with Crippen molar-refractivity contribution < 1.29 is 0 Å². The highest BCUT2D eigenvalue weighted by Crippen LogP contribution is 2.14. The molecule has 1 fully saturated rings. The van der Waals surface area contributed by atoms with Gasteiger partial charge in [0.1, 0.15) is 5.82 Å². The van der Waals surface area contributed by atoms with E-state index in [4.69, 9.17) is 4.98 Å². The molecule has 0 unspecified atom stereocenters. The standard InChI is InChI=1S/C16H28N4/c1-14(2)12-17-13-15-6-4-7-16(18-15)20-9-5-8-19(3)10-11-20/h4,6-7,14,17H,5,8-13H2,1-3H3. The first kappa shape index (κ1) is 15.3. The van der Waals surface area contributed by atoms with Crippen molar-refractivity contribution in [3.63, 3.8) is 0 Å². The SMILES string of the molecule is CC(C)CNCc1cccc(N2CCCN(C)CC2)n1. The Labute approximate surface area is 123 Å². The fourth-order valence-corrected chi connectivity index (χ4v) is 2.51. The molecule has 1 aliphatic rings. The lowest BCUT2D eigenvalue weighted by molar-refractivity contribution is 0.360. The predicted molar refractivity (Wildman–Crippen MR) is 85.1 cm³/mol. The van der Waals surface area contributed by atoms with Gasteiger partial charge in [0, 0.05) is 26.2 Å². The summed E-state index contributed by atoms with van der Waals surface area (Å²) in [6.45, 7) is 10.9. The molecule has 1 aromatic heterocycles. The molecule has 0 atom stereocenters. The molecule has 112 valence electrons. The van der Waals surface area contributed by atoms with Gasteiger partial charge in [-0.15, -0.1) is 0 Å². The molecule has 1 aromatic rings. The van der Waals surface area contributed by atoms with Crippen molar-refractivity contribution in [3.05, 3.63) is 23.9 Å². The van der Waals surface area contributed by atoms with Gasteiger partial charge in [0.15, 0.2) is 0 Å². The summed E-state index contributed by atoms with van der Waals surface area (Å²) < 4.78 is 0. The summed E-state index contributed by atoms with van der Waals surface area (Å²) in [5, 5.41) is 3.46. The first-order chi connectivity index (χ1) is 9.65. The van der Waals surface area contributed by atoms with Gasteiger partial charge in [0.25, 0.3) is 0 Å². The molecule has 1 aliphatic heterocycles. The second-order valence-corrected chi connectivity index (χ2v) is 6.16. The fraction of sp³-hybridized carbons (Fsp3) is 0.688. The predicted octanol–water partition coefficient (Wildman–Crippen LogP) is 1.97. The maximum absolute atomic E-state index is 4.80. The van der Waals surface area contributed by atoms with E-state index in [0.29, 0.717) is 5.92 Å². The van der Waals surface area contributed by atoms with Crippen molar-refractivity contribution in [1.82, 2.24) is 15.2 Å². The normalized spacial score (nSPS) is 17.5. The van der Waals surface area contributed by atoms with E-state index in [-0.39, 0.29) is 0 Å². The lowest BCUT2D eigenvalue weighted by Crippen LogP contribution is -2.29. The molecule has 20 heavy (non-hydrogen) atoms. The van der Waals surface area contributed by atoms with Crippen LogP contribution in [-0.4, -0.2) is 49.7 Å². The van der Waals surface area contributed by atoms with E-state index in [2.05, 4.69) is 54.2 Å². The number of aromatic nitrogens is 1. The summed E-state index contributed by atoms with van der Waals surface area (Å²) in [6, 6.07) is 6.38. The van der Waals surface area contributed by atoms with Gasteiger partial charge < -0.3 is 15.1 Å². The highest BCUT2D eigenvalue weighted by molar-refractivity contribution is 5.39. The zero-order valence-electron chi connectivity index (χ0n) is 13.1. The fourth-order valence-electron chi connectivity index (χ4n) is 2.51. The number of pyridine rings is 1. The van der Waals surface area contributed by atoms with Crippen LogP contribution in [0.25, 0.3) is 0 Å². The van der Waals surface area contributed by atoms with Crippen molar-refractivity contribution >= 4 is 5.82 Å². The quantitative estimate of drug-likeness (QED) is 0.891. The summed E-state index contributed by atoms with van der Waals surface area (Å²) >= 11 is 0. The van der Waals surface area contributed by atoms with Crippen LogP contribution in [-0.2, 0) is 6.54 Å². The third-order valence-electron chi connectivity index (χ3n) is 3.69. The van der Waals surface area contributed by atoms with Gasteiger partial charge >= 0.3 is 0 Å². The largest absolute Gasteiger partial charge is 0.355 e. The smallest absolute Gasteiger partial charge is 0.128 e. The number of likely N-dealkylation sites (N-methyl/N-ethyl adjacent to an activating group) is 1. The van der Waals surface area contributed by atoms with Crippen molar-refractivity contribution in [2.75, 3.05) is 44.7 Å². The molecule has 0 aromatic carbocycles. The number of rotatable bonds is 5. The van der Waals surface area contributed by atoms with Gasteiger partial charge in [-0.3, -0.25) is 0 Å². The third kappa shape index (κ3) is 4.76. The second-order valence-electron chi connectivity index (χ2n) is 6.16. The van der Waals surface area contributed by atoms with Crippen molar-refractivity contribution in [1.29, 1.82) is 0 Å². The van der Waals surface area contributed by atoms with Crippen LogP contribution >= 0.6 is 0 Å². The van der Waals surface area contributed by atoms with Crippen LogP contribution in [0.5, 0.6) is 0 Å². The van der Waals surface area contributed by atoms with Crippen LogP contribution in [0.2, 0.25) is 0 Å². The summed E-state index contributed by atoms with van der Waals surface area (Å²) in [6.07, 6.45) is 1.22. The Hall–Kier alpha value is -1.13. The monoisotopic (exact) mass is 276 g/mol. The van der Waals surface area contributed by atoms with E-state index in [1.807, 2.05) is 0 Å². The lowest BCUT2D eigenvalue weighted by Gasteiger charge is -2.22. The first-order valence-corrected chi connectivity index (χ1v) is 7.75. The van der Waals surface area contributed by atoms with Crippen molar-refractivity contribution in [3.8, 4) is 0 Å². The number of nitrogens with one attached hydrogen (secondary N) is 1. The maximum Gasteiger partial charge on any atom is 0.128 e. The molecule has 1 N–H and O–H groups in total. The number of hydrogen-bond donors (Lipinski definition) is 1. The van der Waals surface area contributed by atoms with E-state index >= 15 is 0 Å². The summed E-state index contributed by atoms with van der Waals surface area (Å²) in [4.78, 5) is 9.61. The molecule has 2 heterocycles. The lowest BCUT2D eigenvalue weighted by atomic mass is 10.2. The van der Waals surface area contributed by atoms with Crippen LogP contribution < -0.4 is 10.2 Å². The highest BCUT2D eigenvalue weighted by Gasteiger charge is 2.13. The molecule has 1 saturated heterocycles. The van der Waals surface area contributed by atoms with Crippen molar-refractivity contribution in [2.45, 2.75) is 26.8 Å². The van der Waals surface area contributed by atoms with Crippen LogP contribution in [0.4, 0.5) is 5.82 Å². The third-order valence-corrected chi connectivity index (χ3v) is 3.69. The highest BCUT2D eigenvalue weighted by atomic mass is 15.2. The molecule has 0 spiro atoms. The molecule has 4 nitrogen and oxygen atoms in total. The zero-order chi connectivity index (χ0) is 14.4. The second kappa shape index (κ2) is 7.60. The molecule has 4 heteroatoms. The Bertz CT molecular complexity index is 405. The van der Waals surface area contributed by atoms with Gasteiger partial charge in [-0.25, -0.2) is 4.98 Å². The number of anilines is 1. The van der Waals surface area contributed by atoms with E-state index < -0.39 is 0 Å². The molecule has 0 aliphatic carbocycles. The Kier molecular flexibility index (Phi) is 5.80. The molecule has 0 radical (unpaired) electrons. The van der Waals surface area contributed by atoms with Gasteiger partial charge in [0.2, 0.25) is 0 Å². The van der Waals surface area contributed by atoms with Gasteiger partial charge in [-0.05, 0) is 44.6 Å². The van der Waals surface area contributed by atoms with E-state index in [1.54, 1.807) is 0 Å². The molecule has 0 bridgehead atoms. The average Bonchev–Trinajstić information content (AvgIpc) is 2.63. The number of hydrogen-bond acceptors (Lipinski definition) is 4. The molecular formula is C16H28N4. The Morgan fingerprint density at radius 2 is 2.05 bits per heavy atom. The van der Waals surface area contributed by atoms with E-state index in [9.17, 15) is 0 Å². The van der Waals surface area contributed by atoms with Gasteiger partial charge in [-0.1, -0.05) is 19.9 Å². The minimum Gasteiger partial charge on any atom is -0.355 e. The molecular weight excluding hydrogens is 248 g/mol. The zero-order valence-corrected chi connectivity index (χ0v) is 13.1. The Morgan fingerprint density at radius 3 is 2.85 bits per heavy atom. The number of nitrogens with zero attached hydrogens (tertiary/aromatic N) is 3. The van der Waals surface area contributed by atoms with Gasteiger partial charge in [-0.2, -0.15) is 0 Å². The maximum atomic E-state index is 4.80. The average molecular weight is 276 g/mol. The van der Waals surface area contributed by atoms with Crippen LogP contribution in [0.1, 0.15) is 26.0 Å². The van der Waals surface area contributed by atoms with Gasteiger partial charge in [0.05, 0.1) is 5.69 Å². The topological polar surface area (TPSA) is 31.4 Å². The van der Waals surface area contributed by atoms with E-state index in [1.165, 1.54) is 13.0 Å². The summed E-state index contributed by atoms with van der Waals surface area (Å²) in [7, 11) is 2.20. The minimum absolute atomic E-state index is 0.680. The first-order valence-electron chi connectivity index (χ1n) is 7.75. The summed E-state index contributed by atoms with van der Waals surface area (Å²) in [5.74, 6) is 1.81. The molecule has 0 amide bonds. The molecule has 2 rings (SSSR count). The minimum atomic E-state index is 0.680.